The second-order valence-electron chi connectivity index (χ2n) is 6.36. The molecule has 1 heterocycles. The Morgan fingerprint density at radius 1 is 1.29 bits per heavy atom. The van der Waals surface area contributed by atoms with Gasteiger partial charge in [-0.1, -0.05) is 20.8 Å². The van der Waals surface area contributed by atoms with E-state index >= 15 is 0 Å². The van der Waals surface area contributed by atoms with Crippen LogP contribution in [0.4, 0.5) is 0 Å². The molecule has 1 aliphatic rings. The van der Waals surface area contributed by atoms with E-state index in [2.05, 4.69) is 19.0 Å². The van der Waals surface area contributed by atoms with E-state index in [0.717, 1.165) is 25.9 Å². The van der Waals surface area contributed by atoms with Gasteiger partial charge in [0.25, 0.3) is 0 Å². The Hall–Kier alpha value is -0.610. The van der Waals surface area contributed by atoms with Crippen LogP contribution in [0.25, 0.3) is 0 Å². The van der Waals surface area contributed by atoms with Gasteiger partial charge < -0.3 is 15.5 Å². The number of nitrogens with two attached hydrogens (primary N) is 1. The summed E-state index contributed by atoms with van der Waals surface area (Å²) in [6.07, 6.45) is 2.10. The molecule has 0 aromatic heterocycles. The highest BCUT2D eigenvalue weighted by atomic mass is 16.2. The summed E-state index contributed by atoms with van der Waals surface area (Å²) in [4.78, 5) is 16.4. The zero-order valence-corrected chi connectivity index (χ0v) is 11.9. The third-order valence-corrected chi connectivity index (χ3v) is 3.71. The molecule has 4 nitrogen and oxygen atoms in total. The van der Waals surface area contributed by atoms with E-state index in [-0.39, 0.29) is 11.3 Å². The lowest BCUT2D eigenvalue weighted by Crippen LogP contribution is -2.53. The number of carbonyl (C=O) groups is 1. The largest absolute Gasteiger partial charge is 0.341 e. The SMILES string of the molecule is CN(C)C1CCN(C(=O)C(N)C(C)(C)C)CC1. The first-order valence-electron chi connectivity index (χ1n) is 6.44. The molecule has 1 rings (SSSR count). The normalized spacial score (nSPS) is 20.8. The second-order valence-corrected chi connectivity index (χ2v) is 6.36. The lowest BCUT2D eigenvalue weighted by atomic mass is 9.86. The highest BCUT2D eigenvalue weighted by molar-refractivity contribution is 5.82. The minimum Gasteiger partial charge on any atom is -0.341 e. The maximum absolute atomic E-state index is 12.2. The van der Waals surface area contributed by atoms with Crippen LogP contribution in [0.15, 0.2) is 0 Å². The molecule has 1 unspecified atom stereocenters. The highest BCUT2D eigenvalue weighted by Crippen LogP contribution is 2.21. The molecule has 1 aliphatic heterocycles. The first kappa shape index (κ1) is 14.5. The quantitative estimate of drug-likeness (QED) is 0.782. The van der Waals surface area contributed by atoms with Crippen LogP contribution in [0.3, 0.4) is 0 Å². The average molecular weight is 241 g/mol. The van der Waals surface area contributed by atoms with Crippen molar-refractivity contribution in [2.75, 3.05) is 27.2 Å². The third-order valence-electron chi connectivity index (χ3n) is 3.71. The van der Waals surface area contributed by atoms with Crippen molar-refractivity contribution in [1.82, 2.24) is 9.80 Å². The Balaban J connectivity index is 2.52. The van der Waals surface area contributed by atoms with Crippen LogP contribution in [-0.4, -0.2) is 55.0 Å². The summed E-state index contributed by atoms with van der Waals surface area (Å²) in [7, 11) is 4.20. The van der Waals surface area contributed by atoms with Crippen molar-refractivity contribution < 1.29 is 4.79 Å². The van der Waals surface area contributed by atoms with Crippen LogP contribution < -0.4 is 5.73 Å². The van der Waals surface area contributed by atoms with Crippen molar-refractivity contribution in [3.63, 3.8) is 0 Å². The average Bonchev–Trinajstić information content (AvgIpc) is 2.26. The lowest BCUT2D eigenvalue weighted by Gasteiger charge is -2.38. The van der Waals surface area contributed by atoms with Crippen LogP contribution in [0, 0.1) is 5.41 Å². The van der Waals surface area contributed by atoms with Crippen LogP contribution in [0.5, 0.6) is 0 Å². The fraction of sp³-hybridized carbons (Fsp3) is 0.923. The van der Waals surface area contributed by atoms with Gasteiger partial charge >= 0.3 is 0 Å². The molecule has 0 aromatic carbocycles. The smallest absolute Gasteiger partial charge is 0.240 e. The molecule has 1 saturated heterocycles. The Labute approximate surface area is 105 Å². The van der Waals surface area contributed by atoms with Crippen molar-refractivity contribution in [2.24, 2.45) is 11.1 Å². The second kappa shape index (κ2) is 5.36. The van der Waals surface area contributed by atoms with Crippen LogP contribution in [0.1, 0.15) is 33.6 Å². The van der Waals surface area contributed by atoms with Crippen molar-refractivity contribution >= 4 is 5.91 Å². The summed E-state index contributed by atoms with van der Waals surface area (Å²) in [5.74, 6) is 0.106. The van der Waals surface area contributed by atoms with Crippen LogP contribution in [-0.2, 0) is 4.79 Å². The fourth-order valence-electron chi connectivity index (χ4n) is 2.17. The van der Waals surface area contributed by atoms with Crippen molar-refractivity contribution in [3.05, 3.63) is 0 Å². The van der Waals surface area contributed by atoms with Crippen molar-refractivity contribution in [2.45, 2.75) is 45.7 Å². The van der Waals surface area contributed by atoms with Crippen molar-refractivity contribution in [3.8, 4) is 0 Å². The number of likely N-dealkylation sites (tertiary alicyclic amines) is 1. The van der Waals surface area contributed by atoms with Crippen molar-refractivity contribution in [1.29, 1.82) is 0 Å². The molecule has 0 bridgehead atoms. The summed E-state index contributed by atoms with van der Waals surface area (Å²) in [6, 6.07) is 0.211. The molecule has 17 heavy (non-hydrogen) atoms. The maximum Gasteiger partial charge on any atom is 0.240 e. The Kier molecular flexibility index (Phi) is 4.55. The topological polar surface area (TPSA) is 49.6 Å². The van der Waals surface area contributed by atoms with E-state index < -0.39 is 6.04 Å². The van der Waals surface area contributed by atoms with Gasteiger partial charge in [0.1, 0.15) is 0 Å². The van der Waals surface area contributed by atoms with E-state index in [1.54, 1.807) is 0 Å². The van der Waals surface area contributed by atoms with Gasteiger partial charge in [0, 0.05) is 19.1 Å². The van der Waals surface area contributed by atoms with Gasteiger partial charge in [0.2, 0.25) is 5.91 Å². The Bertz CT molecular complexity index is 262. The van der Waals surface area contributed by atoms with Gasteiger partial charge in [0.05, 0.1) is 6.04 Å². The summed E-state index contributed by atoms with van der Waals surface area (Å²) in [5.41, 5.74) is 5.86. The first-order chi connectivity index (χ1) is 7.73. The molecular weight excluding hydrogens is 214 g/mol. The summed E-state index contributed by atoms with van der Waals surface area (Å²) in [6.45, 7) is 7.73. The summed E-state index contributed by atoms with van der Waals surface area (Å²) >= 11 is 0. The van der Waals surface area contributed by atoms with Gasteiger partial charge in [-0.15, -0.1) is 0 Å². The van der Waals surface area contributed by atoms with Gasteiger partial charge in [-0.05, 0) is 32.4 Å². The maximum atomic E-state index is 12.2. The van der Waals surface area contributed by atoms with Gasteiger partial charge in [0.15, 0.2) is 0 Å². The van der Waals surface area contributed by atoms with Gasteiger partial charge in [-0.2, -0.15) is 0 Å². The number of piperidine rings is 1. The number of hydrogen-bond donors (Lipinski definition) is 1. The standard InChI is InChI=1S/C13H27N3O/c1-13(2,3)11(14)12(17)16-8-6-10(7-9-16)15(4)5/h10-11H,6-9,14H2,1-5H3. The molecule has 4 heteroatoms. The number of hydrogen-bond acceptors (Lipinski definition) is 3. The molecule has 0 aliphatic carbocycles. The number of rotatable bonds is 2. The molecule has 100 valence electrons. The molecule has 1 amide bonds. The van der Waals surface area contributed by atoms with E-state index in [1.165, 1.54) is 0 Å². The molecule has 0 saturated carbocycles. The van der Waals surface area contributed by atoms with E-state index in [1.807, 2.05) is 25.7 Å². The molecule has 1 fully saturated rings. The third kappa shape index (κ3) is 3.68. The molecular formula is C13H27N3O. The summed E-state index contributed by atoms with van der Waals surface area (Å²) < 4.78 is 0. The lowest BCUT2D eigenvalue weighted by molar-refractivity contribution is -0.136. The highest BCUT2D eigenvalue weighted by Gasteiger charge is 2.33. The first-order valence-corrected chi connectivity index (χ1v) is 6.44. The van der Waals surface area contributed by atoms with E-state index in [9.17, 15) is 4.79 Å². The number of amides is 1. The molecule has 0 aromatic rings. The molecule has 2 N–H and O–H groups in total. The van der Waals surface area contributed by atoms with Crippen LogP contribution in [0.2, 0.25) is 0 Å². The molecule has 1 atom stereocenters. The van der Waals surface area contributed by atoms with Gasteiger partial charge in [-0.25, -0.2) is 0 Å². The number of carbonyl (C=O) groups excluding carboxylic acids is 1. The van der Waals surface area contributed by atoms with E-state index in [4.69, 9.17) is 5.73 Å². The van der Waals surface area contributed by atoms with E-state index in [0.29, 0.717) is 6.04 Å². The van der Waals surface area contributed by atoms with Gasteiger partial charge in [-0.3, -0.25) is 4.79 Å². The fourth-order valence-corrected chi connectivity index (χ4v) is 2.17. The number of nitrogens with zero attached hydrogens (tertiary/aromatic N) is 2. The molecule has 0 spiro atoms. The minimum absolute atomic E-state index is 0.106. The van der Waals surface area contributed by atoms with Crippen LogP contribution >= 0.6 is 0 Å². The minimum atomic E-state index is -0.390. The molecule has 0 radical (unpaired) electrons. The predicted molar refractivity (Wildman–Crippen MR) is 70.7 cm³/mol. The monoisotopic (exact) mass is 241 g/mol. The predicted octanol–water partition coefficient (Wildman–Crippen LogP) is 0.912. The zero-order chi connectivity index (χ0) is 13.2. The summed E-state index contributed by atoms with van der Waals surface area (Å²) in [5, 5.41) is 0. The zero-order valence-electron chi connectivity index (χ0n) is 11.9. The Morgan fingerprint density at radius 3 is 2.12 bits per heavy atom. The Morgan fingerprint density at radius 2 is 1.76 bits per heavy atom.